The molecule has 4 rings (SSSR count). The zero-order valence-corrected chi connectivity index (χ0v) is 19.8. The number of fused-ring (bicyclic) bond motifs is 1. The minimum Gasteiger partial charge on any atom is -0.505 e. The van der Waals surface area contributed by atoms with Crippen LogP contribution in [0.15, 0.2) is 77.0 Å². The van der Waals surface area contributed by atoms with Crippen LogP contribution in [0, 0.1) is 6.92 Å². The lowest BCUT2D eigenvalue weighted by Gasteiger charge is -2.22. The number of ether oxygens (including phenoxy) is 1. The maximum absolute atomic E-state index is 11.3. The summed E-state index contributed by atoms with van der Waals surface area (Å²) in [6.45, 7) is 11.6. The van der Waals surface area contributed by atoms with Crippen molar-refractivity contribution in [2.24, 2.45) is 0 Å². The van der Waals surface area contributed by atoms with Crippen molar-refractivity contribution in [1.82, 2.24) is 15.0 Å². The number of benzene rings is 3. The molecule has 0 aliphatic rings. The summed E-state index contributed by atoms with van der Waals surface area (Å²) < 4.78 is 5.11. The Hall–Kier alpha value is -3.58. The number of carbonyl (C=O) groups is 1. The van der Waals surface area contributed by atoms with Gasteiger partial charge < -0.3 is 9.84 Å². The molecule has 0 aliphatic heterocycles. The number of nitrogens with zero attached hydrogens (tertiary/aromatic N) is 3. The Bertz CT molecular complexity index is 1350. The van der Waals surface area contributed by atoms with Crippen LogP contribution in [0.4, 0.5) is 0 Å². The number of aromatic hydroxyl groups is 1. The van der Waals surface area contributed by atoms with Gasteiger partial charge in [-0.3, -0.25) is 0 Å². The number of carbonyl (C=O) groups excluding carboxylic acids is 1. The fourth-order valence-corrected chi connectivity index (χ4v) is 4.27. The number of phenols is 1. The molecule has 0 spiro atoms. The fraction of sp³-hybridized carbons (Fsp3) is 0.192. The van der Waals surface area contributed by atoms with Crippen molar-refractivity contribution >= 4 is 28.8 Å². The van der Waals surface area contributed by atoms with Gasteiger partial charge in [0.2, 0.25) is 0 Å². The minimum atomic E-state index is -0.488. The molecule has 0 unspecified atom stereocenters. The summed E-state index contributed by atoms with van der Waals surface area (Å²) in [4.78, 5) is 14.8. The minimum absolute atomic E-state index is 0.195. The van der Waals surface area contributed by atoms with E-state index in [1.165, 1.54) is 4.80 Å². The van der Waals surface area contributed by atoms with Gasteiger partial charge in [0.25, 0.3) is 0 Å². The number of esters is 1. The molecule has 6 nitrogen and oxygen atoms in total. The predicted octanol–water partition coefficient (Wildman–Crippen LogP) is 5.97. The molecular weight excluding hydrogens is 434 g/mol. The third-order valence-corrected chi connectivity index (χ3v) is 6.05. The normalized spacial score (nSPS) is 11.5. The van der Waals surface area contributed by atoms with Crippen molar-refractivity contribution in [2.75, 3.05) is 0 Å². The second-order valence-electron chi connectivity index (χ2n) is 8.77. The van der Waals surface area contributed by atoms with Crippen LogP contribution in [0.2, 0.25) is 0 Å². The highest BCUT2D eigenvalue weighted by Gasteiger charge is 2.22. The fourth-order valence-electron chi connectivity index (χ4n) is 3.42. The maximum atomic E-state index is 11.3. The Labute approximate surface area is 196 Å². The third kappa shape index (κ3) is 4.93. The van der Waals surface area contributed by atoms with Crippen LogP contribution >= 0.6 is 11.8 Å². The smallest absolute Gasteiger partial charge is 0.335 e. The molecule has 1 N–H and O–H groups in total. The van der Waals surface area contributed by atoms with E-state index in [1.807, 2.05) is 49.4 Å². The molecule has 0 saturated carbocycles. The number of aromatic nitrogens is 3. The first-order valence-electron chi connectivity index (χ1n) is 10.5. The first-order valence-corrected chi connectivity index (χ1v) is 11.3. The molecule has 0 radical (unpaired) electrons. The van der Waals surface area contributed by atoms with Crippen LogP contribution in [0.25, 0.3) is 16.7 Å². The van der Waals surface area contributed by atoms with Crippen molar-refractivity contribution in [3.8, 4) is 17.2 Å². The van der Waals surface area contributed by atoms with E-state index in [0.717, 1.165) is 38.0 Å². The SMILES string of the molecule is C=CC(=O)Oc1ccc(Sc2ccc3nn(-c4cc(C)cc(C(C)(C)C)c4O)nc3c2)cc1. The van der Waals surface area contributed by atoms with Crippen LogP contribution < -0.4 is 4.74 Å². The van der Waals surface area contributed by atoms with Gasteiger partial charge in [-0.05, 0) is 66.4 Å². The van der Waals surface area contributed by atoms with E-state index in [0.29, 0.717) is 11.4 Å². The number of hydrogen-bond acceptors (Lipinski definition) is 6. The van der Waals surface area contributed by atoms with Gasteiger partial charge in [-0.25, -0.2) is 4.79 Å². The lowest BCUT2D eigenvalue weighted by atomic mass is 9.85. The lowest BCUT2D eigenvalue weighted by molar-refractivity contribution is -0.128. The van der Waals surface area contributed by atoms with Crippen LogP contribution in [0.3, 0.4) is 0 Å². The molecule has 0 atom stereocenters. The average Bonchev–Trinajstić information content (AvgIpc) is 3.18. The van der Waals surface area contributed by atoms with E-state index in [-0.39, 0.29) is 11.2 Å². The Morgan fingerprint density at radius 2 is 1.70 bits per heavy atom. The molecule has 0 aliphatic carbocycles. The van der Waals surface area contributed by atoms with E-state index in [1.54, 1.807) is 23.9 Å². The molecule has 0 bridgehead atoms. The first kappa shape index (κ1) is 22.6. The van der Waals surface area contributed by atoms with Gasteiger partial charge in [0, 0.05) is 21.4 Å². The Morgan fingerprint density at radius 3 is 2.36 bits per heavy atom. The number of phenolic OH excluding ortho intramolecular Hbond substituents is 1. The van der Waals surface area contributed by atoms with Crippen molar-refractivity contribution in [3.63, 3.8) is 0 Å². The summed E-state index contributed by atoms with van der Waals surface area (Å²) in [5.74, 6) is 0.175. The summed E-state index contributed by atoms with van der Waals surface area (Å²) in [6, 6.07) is 17.0. The van der Waals surface area contributed by atoms with E-state index in [9.17, 15) is 9.90 Å². The molecule has 1 heterocycles. The number of aryl methyl sites for hydroxylation is 1. The van der Waals surface area contributed by atoms with E-state index in [4.69, 9.17) is 4.74 Å². The second-order valence-corrected chi connectivity index (χ2v) is 9.92. The predicted molar refractivity (Wildman–Crippen MR) is 130 cm³/mol. The van der Waals surface area contributed by atoms with Crippen LogP contribution in [-0.2, 0) is 10.2 Å². The highest BCUT2D eigenvalue weighted by atomic mass is 32.2. The van der Waals surface area contributed by atoms with Gasteiger partial charge in [0.15, 0.2) is 0 Å². The summed E-state index contributed by atoms with van der Waals surface area (Å²) in [5, 5.41) is 20.1. The lowest BCUT2D eigenvalue weighted by Crippen LogP contribution is -2.13. The first-order chi connectivity index (χ1) is 15.6. The van der Waals surface area contributed by atoms with Gasteiger partial charge in [0.1, 0.15) is 28.2 Å². The second kappa shape index (κ2) is 8.75. The van der Waals surface area contributed by atoms with Crippen molar-refractivity contribution in [2.45, 2.75) is 42.9 Å². The zero-order valence-electron chi connectivity index (χ0n) is 19.0. The molecule has 1 aromatic heterocycles. The molecule has 0 fully saturated rings. The highest BCUT2D eigenvalue weighted by molar-refractivity contribution is 7.99. The quantitative estimate of drug-likeness (QED) is 0.225. The maximum Gasteiger partial charge on any atom is 0.335 e. The van der Waals surface area contributed by atoms with Gasteiger partial charge in [-0.1, -0.05) is 45.2 Å². The van der Waals surface area contributed by atoms with Gasteiger partial charge in [-0.2, -0.15) is 0 Å². The number of rotatable bonds is 5. The Morgan fingerprint density at radius 1 is 1.03 bits per heavy atom. The largest absolute Gasteiger partial charge is 0.505 e. The van der Waals surface area contributed by atoms with Crippen molar-refractivity contribution < 1.29 is 14.6 Å². The van der Waals surface area contributed by atoms with E-state index in [2.05, 4.69) is 37.5 Å². The zero-order chi connectivity index (χ0) is 23.8. The molecule has 3 aromatic carbocycles. The van der Waals surface area contributed by atoms with Crippen molar-refractivity contribution in [3.05, 3.63) is 78.4 Å². The van der Waals surface area contributed by atoms with E-state index < -0.39 is 5.97 Å². The van der Waals surface area contributed by atoms with Gasteiger partial charge >= 0.3 is 5.97 Å². The summed E-state index contributed by atoms with van der Waals surface area (Å²) >= 11 is 1.57. The van der Waals surface area contributed by atoms with Gasteiger partial charge in [-0.15, -0.1) is 15.0 Å². The Kier molecular flexibility index (Phi) is 5.99. The van der Waals surface area contributed by atoms with Crippen molar-refractivity contribution in [1.29, 1.82) is 0 Å². The van der Waals surface area contributed by atoms with Crippen LogP contribution in [-0.4, -0.2) is 26.1 Å². The summed E-state index contributed by atoms with van der Waals surface area (Å²) in [5.41, 5.74) is 3.72. The van der Waals surface area contributed by atoms with Gasteiger partial charge in [0.05, 0.1) is 0 Å². The van der Waals surface area contributed by atoms with E-state index >= 15 is 0 Å². The number of hydrogen-bond donors (Lipinski definition) is 1. The monoisotopic (exact) mass is 459 g/mol. The standard InChI is InChI=1S/C26H25N3O3S/c1-6-24(30)32-17-7-9-18(10-8-17)33-19-11-12-21-22(15-19)28-29(27-21)23-14-16(2)13-20(25(23)31)26(3,4)5/h6-15,31H,1H2,2-5H3. The highest BCUT2D eigenvalue weighted by Crippen LogP contribution is 2.36. The van der Waals surface area contributed by atoms with Crippen LogP contribution in [0.1, 0.15) is 31.9 Å². The molecular formula is C26H25N3O3S. The molecule has 168 valence electrons. The molecule has 7 heteroatoms. The molecule has 33 heavy (non-hydrogen) atoms. The molecule has 0 amide bonds. The third-order valence-electron chi connectivity index (χ3n) is 5.05. The topological polar surface area (TPSA) is 77.2 Å². The molecule has 4 aromatic rings. The van der Waals surface area contributed by atoms with Crippen LogP contribution in [0.5, 0.6) is 11.5 Å². The summed E-state index contributed by atoms with van der Waals surface area (Å²) in [7, 11) is 0. The molecule has 0 saturated heterocycles. The Balaban J connectivity index is 1.62. The average molecular weight is 460 g/mol. The summed E-state index contributed by atoms with van der Waals surface area (Å²) in [6.07, 6.45) is 1.13.